The maximum atomic E-state index is 2.49. The Morgan fingerprint density at radius 1 is 0.600 bits per heavy atom. The summed E-state index contributed by atoms with van der Waals surface area (Å²) in [6.07, 6.45) is 0. The van der Waals surface area contributed by atoms with Gasteiger partial charge in [0.15, 0.2) is 0 Å². The Morgan fingerprint density at radius 2 is 0.971 bits per heavy atom. The zero-order valence-electron chi connectivity index (χ0n) is 21.3. The van der Waals surface area contributed by atoms with Gasteiger partial charge in [0, 0.05) is 0 Å². The average molecular weight is 576 g/mol. The molecular formula is C30H33Cl3SiTi. The van der Waals surface area contributed by atoms with E-state index in [0.29, 0.717) is 0 Å². The number of hydrogen-bond donors (Lipinski definition) is 0. The van der Waals surface area contributed by atoms with Crippen LogP contribution in [0, 0.1) is 20.8 Å². The predicted molar refractivity (Wildman–Crippen MR) is 139 cm³/mol. The first-order valence-electron chi connectivity index (χ1n) is 11.2. The maximum absolute atomic E-state index is 2.49. The van der Waals surface area contributed by atoms with Gasteiger partial charge in [-0.3, -0.25) is 0 Å². The molecule has 4 aromatic carbocycles. The van der Waals surface area contributed by atoms with E-state index in [-0.39, 0.29) is 64.4 Å². The molecule has 4 aromatic rings. The summed E-state index contributed by atoms with van der Waals surface area (Å²) in [4.78, 5) is 0. The van der Waals surface area contributed by atoms with Gasteiger partial charge >= 0.3 is 21.7 Å². The molecule has 4 rings (SSSR count). The molecule has 182 valence electrons. The molecule has 0 radical (unpaired) electrons. The van der Waals surface area contributed by atoms with Crippen LogP contribution in [-0.2, 0) is 27.1 Å². The van der Waals surface area contributed by atoms with Crippen molar-refractivity contribution in [1.29, 1.82) is 0 Å². The van der Waals surface area contributed by atoms with Crippen LogP contribution in [0.2, 0.25) is 0 Å². The Labute approximate surface area is 246 Å². The van der Waals surface area contributed by atoms with E-state index in [1.54, 1.807) is 0 Å². The summed E-state index contributed by atoms with van der Waals surface area (Å²) in [5.74, 6) is 0. The van der Waals surface area contributed by atoms with Gasteiger partial charge in [-0.25, -0.2) is 6.07 Å². The molecule has 0 atom stereocenters. The minimum atomic E-state index is -2.45. The number of aryl methyl sites for hydroxylation is 3. The Morgan fingerprint density at radius 3 is 1.26 bits per heavy atom. The second-order valence-corrected chi connectivity index (χ2v) is 13.8. The monoisotopic (exact) mass is 574 g/mol. The van der Waals surface area contributed by atoms with Crippen LogP contribution < -0.4 is 58.0 Å². The van der Waals surface area contributed by atoms with Crippen LogP contribution in [0.3, 0.4) is 0 Å². The average Bonchev–Trinajstić information content (AvgIpc) is 3.20. The fraction of sp³-hybridized carbons (Fsp3) is 0.233. The molecule has 0 saturated heterocycles. The molecule has 0 heterocycles. The Balaban J connectivity index is 0.00000289. The van der Waals surface area contributed by atoms with Crippen molar-refractivity contribution in [2.24, 2.45) is 0 Å². The zero-order valence-corrected chi connectivity index (χ0v) is 26.1. The van der Waals surface area contributed by atoms with E-state index in [2.05, 4.69) is 133 Å². The number of halogens is 3. The van der Waals surface area contributed by atoms with Crippen molar-refractivity contribution < 1.29 is 58.9 Å². The summed E-state index contributed by atoms with van der Waals surface area (Å²) in [7, 11) is -2.45. The normalized spacial score (nSPS) is 10.8. The van der Waals surface area contributed by atoms with Gasteiger partial charge in [0.25, 0.3) is 0 Å². The predicted octanol–water partition coefficient (Wildman–Crippen LogP) is -3.98. The van der Waals surface area contributed by atoms with Gasteiger partial charge in [-0.15, -0.1) is 5.19 Å². The summed E-state index contributed by atoms with van der Waals surface area (Å²) in [5, 5.41) is 5.83. The van der Waals surface area contributed by atoms with Crippen LogP contribution in [0.15, 0.2) is 91.0 Å². The molecule has 0 amide bonds. The molecule has 0 aliphatic heterocycles. The van der Waals surface area contributed by atoms with Gasteiger partial charge < -0.3 is 37.2 Å². The first-order chi connectivity index (χ1) is 14.7. The summed E-state index contributed by atoms with van der Waals surface area (Å²) in [5.41, 5.74) is 5.49. The van der Waals surface area contributed by atoms with Crippen molar-refractivity contribution in [3.63, 3.8) is 0 Å². The molecule has 0 unspecified atom stereocenters. The molecule has 0 N–H and O–H groups in total. The third-order valence-corrected chi connectivity index (χ3v) is 11.1. The van der Waals surface area contributed by atoms with Crippen molar-refractivity contribution in [1.82, 2.24) is 0 Å². The number of rotatable bonds is 4. The minimum Gasteiger partial charge on any atom is -1.00 e. The van der Waals surface area contributed by atoms with E-state index in [1.807, 2.05) is 0 Å². The standard InChI is InChI=1S/C30H33Si.3ClH.Ti/c1-22-10-7-13-26(18-22)31(27-14-8-11-23(2)19-27,28-15-9-12-24(3)20-28)29-17-16-25(21-29)30(4,5)6;;;;/h7-21H,1-6H3;3*1H;/q-1;;;;+4/p-3. The van der Waals surface area contributed by atoms with Crippen LogP contribution in [-0.4, -0.2) is 8.07 Å². The van der Waals surface area contributed by atoms with Crippen molar-refractivity contribution in [3.8, 4) is 0 Å². The molecule has 0 nitrogen and oxygen atoms in total. The largest absolute Gasteiger partial charge is 4.00 e. The topological polar surface area (TPSA) is 0 Å². The van der Waals surface area contributed by atoms with Gasteiger partial charge in [-0.05, 0) is 20.8 Å². The first-order valence-corrected chi connectivity index (χ1v) is 13.2. The van der Waals surface area contributed by atoms with Gasteiger partial charge in [-0.1, -0.05) is 131 Å². The smallest absolute Gasteiger partial charge is 1.00 e. The van der Waals surface area contributed by atoms with Gasteiger partial charge in [0.2, 0.25) is 0 Å². The molecule has 0 aliphatic carbocycles. The second-order valence-electron chi connectivity index (χ2n) is 10.00. The van der Waals surface area contributed by atoms with E-state index in [1.165, 1.54) is 43.0 Å². The zero-order chi connectivity index (χ0) is 22.2. The summed E-state index contributed by atoms with van der Waals surface area (Å²) >= 11 is 0. The van der Waals surface area contributed by atoms with Gasteiger partial charge in [0.1, 0.15) is 8.07 Å². The van der Waals surface area contributed by atoms with Crippen LogP contribution in [0.1, 0.15) is 43.0 Å². The van der Waals surface area contributed by atoms with Crippen molar-refractivity contribution in [3.05, 3.63) is 113 Å². The second kappa shape index (κ2) is 13.4. The van der Waals surface area contributed by atoms with E-state index in [9.17, 15) is 0 Å². The molecule has 0 aliphatic rings. The number of hydrogen-bond acceptors (Lipinski definition) is 0. The van der Waals surface area contributed by atoms with Gasteiger partial charge in [-0.2, -0.15) is 17.7 Å². The van der Waals surface area contributed by atoms with Crippen LogP contribution in [0.5, 0.6) is 0 Å². The molecule has 5 heteroatoms. The van der Waals surface area contributed by atoms with E-state index in [0.717, 1.165) is 0 Å². The summed E-state index contributed by atoms with van der Waals surface area (Å²) in [6, 6.07) is 34.9. The fourth-order valence-electron chi connectivity index (χ4n) is 4.78. The number of benzene rings is 3. The maximum Gasteiger partial charge on any atom is 4.00 e. The summed E-state index contributed by atoms with van der Waals surface area (Å²) < 4.78 is 0. The van der Waals surface area contributed by atoms with Crippen LogP contribution >= 0.6 is 0 Å². The molecule has 0 fully saturated rings. The fourth-order valence-corrected chi connectivity index (χ4v) is 9.85. The van der Waals surface area contributed by atoms with Crippen LogP contribution in [0.25, 0.3) is 0 Å². The Hall–Kier alpha value is -1.19. The first kappa shape index (κ1) is 33.8. The van der Waals surface area contributed by atoms with Crippen molar-refractivity contribution >= 4 is 28.8 Å². The quantitative estimate of drug-likeness (QED) is 0.132. The molecule has 0 aromatic heterocycles. The van der Waals surface area contributed by atoms with E-state index < -0.39 is 8.07 Å². The minimum absolute atomic E-state index is 0. The van der Waals surface area contributed by atoms with Crippen molar-refractivity contribution in [2.75, 3.05) is 0 Å². The van der Waals surface area contributed by atoms with E-state index >= 15 is 0 Å². The molecule has 0 saturated carbocycles. The van der Waals surface area contributed by atoms with Gasteiger partial charge in [0.05, 0.1) is 0 Å². The summed E-state index contributed by atoms with van der Waals surface area (Å²) in [6.45, 7) is 13.5. The Kier molecular flexibility index (Phi) is 12.9. The molecule has 0 bridgehead atoms. The molecular weight excluding hydrogens is 543 g/mol. The van der Waals surface area contributed by atoms with Crippen LogP contribution in [0.4, 0.5) is 0 Å². The van der Waals surface area contributed by atoms with E-state index in [4.69, 9.17) is 0 Å². The third kappa shape index (κ3) is 6.77. The van der Waals surface area contributed by atoms with Crippen molar-refractivity contribution in [2.45, 2.75) is 47.0 Å². The molecule has 0 spiro atoms. The third-order valence-electron chi connectivity index (χ3n) is 6.41. The Bertz CT molecular complexity index is 1110. The molecule has 35 heavy (non-hydrogen) atoms. The SMILES string of the molecule is Cc1cccc([Si](c2cccc(C)c2)(c2cccc(C)c2)[c-]2ccc(C(C)(C)C)c2)c1.[Cl-].[Cl-].[Cl-].[Ti+4].